The molecular formula is C27H42N2O2. The molecule has 1 unspecified atom stereocenters. The lowest BCUT2D eigenvalue weighted by Gasteiger charge is -2.32. The molecule has 1 rings (SSSR count). The first-order valence-corrected chi connectivity index (χ1v) is 11.4. The van der Waals surface area contributed by atoms with Gasteiger partial charge in [-0.2, -0.15) is 0 Å². The Kier molecular flexibility index (Phi) is 10.7. The van der Waals surface area contributed by atoms with E-state index in [0.717, 1.165) is 5.57 Å². The van der Waals surface area contributed by atoms with E-state index >= 15 is 0 Å². The van der Waals surface area contributed by atoms with Crippen LogP contribution in [-0.4, -0.2) is 24.4 Å². The summed E-state index contributed by atoms with van der Waals surface area (Å²) in [5.41, 5.74) is 5.51. The van der Waals surface area contributed by atoms with Gasteiger partial charge in [0.25, 0.3) is 0 Å². The lowest BCUT2D eigenvalue weighted by Crippen LogP contribution is -2.49. The topological polar surface area (TPSA) is 58.2 Å². The van der Waals surface area contributed by atoms with Crippen molar-refractivity contribution < 1.29 is 9.59 Å². The second kappa shape index (κ2) is 12.5. The van der Waals surface area contributed by atoms with Crippen molar-refractivity contribution >= 4 is 11.8 Å². The van der Waals surface area contributed by atoms with Gasteiger partial charge in [0.05, 0.1) is 0 Å². The SMILES string of the molecule is CC(=O)NC(C(=O)NC/C=C(C)/C=C/C=C(C)/C=C/C1=C(C)CCCC1(C)C)C(C)C. The highest BCUT2D eigenvalue weighted by atomic mass is 16.2. The lowest BCUT2D eigenvalue weighted by molar-refractivity contribution is -0.129. The van der Waals surface area contributed by atoms with Crippen LogP contribution in [0.3, 0.4) is 0 Å². The van der Waals surface area contributed by atoms with Gasteiger partial charge in [-0.1, -0.05) is 80.9 Å². The van der Waals surface area contributed by atoms with E-state index in [2.05, 4.69) is 56.6 Å². The Bertz CT molecular complexity index is 792. The smallest absolute Gasteiger partial charge is 0.243 e. The molecule has 0 fully saturated rings. The summed E-state index contributed by atoms with van der Waals surface area (Å²) in [6.07, 6.45) is 16.4. The van der Waals surface area contributed by atoms with Crippen molar-refractivity contribution in [1.82, 2.24) is 10.6 Å². The Morgan fingerprint density at radius 2 is 1.77 bits per heavy atom. The molecule has 0 aromatic heterocycles. The summed E-state index contributed by atoms with van der Waals surface area (Å²) in [5, 5.41) is 5.58. The molecule has 172 valence electrons. The van der Waals surface area contributed by atoms with Gasteiger partial charge in [0, 0.05) is 13.5 Å². The summed E-state index contributed by atoms with van der Waals surface area (Å²) in [7, 11) is 0. The molecule has 0 bridgehead atoms. The number of rotatable bonds is 9. The van der Waals surface area contributed by atoms with Crippen LogP contribution in [0.1, 0.15) is 74.7 Å². The number of carbonyl (C=O) groups excluding carboxylic acids is 2. The fourth-order valence-electron chi connectivity index (χ4n) is 3.88. The average Bonchev–Trinajstić information content (AvgIpc) is 2.64. The fraction of sp³-hybridized carbons (Fsp3) is 0.556. The molecule has 4 nitrogen and oxygen atoms in total. The maximum atomic E-state index is 12.3. The van der Waals surface area contributed by atoms with Gasteiger partial charge in [-0.05, 0) is 56.9 Å². The van der Waals surface area contributed by atoms with Crippen molar-refractivity contribution in [3.8, 4) is 0 Å². The molecule has 0 heterocycles. The van der Waals surface area contributed by atoms with Crippen molar-refractivity contribution in [3.63, 3.8) is 0 Å². The van der Waals surface area contributed by atoms with Gasteiger partial charge < -0.3 is 10.6 Å². The zero-order valence-corrected chi connectivity index (χ0v) is 20.8. The summed E-state index contributed by atoms with van der Waals surface area (Å²) >= 11 is 0. The van der Waals surface area contributed by atoms with Crippen LogP contribution in [0.25, 0.3) is 0 Å². The normalized spacial score (nSPS) is 18.7. The minimum atomic E-state index is -0.507. The molecule has 0 saturated carbocycles. The fourth-order valence-corrected chi connectivity index (χ4v) is 3.88. The van der Waals surface area contributed by atoms with Gasteiger partial charge in [-0.25, -0.2) is 0 Å². The predicted molar refractivity (Wildman–Crippen MR) is 132 cm³/mol. The maximum absolute atomic E-state index is 12.3. The molecule has 0 aromatic carbocycles. The van der Waals surface area contributed by atoms with E-state index in [1.807, 2.05) is 39.0 Å². The Morgan fingerprint density at radius 1 is 1.10 bits per heavy atom. The molecule has 0 radical (unpaired) electrons. The molecule has 0 aliphatic heterocycles. The Labute approximate surface area is 189 Å². The van der Waals surface area contributed by atoms with Gasteiger partial charge in [0.2, 0.25) is 11.8 Å². The first-order valence-electron chi connectivity index (χ1n) is 11.4. The van der Waals surface area contributed by atoms with Crippen molar-refractivity contribution in [1.29, 1.82) is 0 Å². The molecule has 4 heteroatoms. The van der Waals surface area contributed by atoms with Gasteiger partial charge in [0.15, 0.2) is 0 Å². The summed E-state index contributed by atoms with van der Waals surface area (Å²) < 4.78 is 0. The van der Waals surface area contributed by atoms with Crippen LogP contribution in [0.4, 0.5) is 0 Å². The molecule has 31 heavy (non-hydrogen) atoms. The second-order valence-electron chi connectivity index (χ2n) is 9.65. The number of hydrogen-bond acceptors (Lipinski definition) is 2. The second-order valence-corrected chi connectivity index (χ2v) is 9.65. The lowest BCUT2D eigenvalue weighted by atomic mass is 9.72. The Morgan fingerprint density at radius 3 is 2.35 bits per heavy atom. The van der Waals surface area contributed by atoms with Crippen molar-refractivity contribution in [3.05, 3.63) is 58.7 Å². The van der Waals surface area contributed by atoms with E-state index in [0.29, 0.717) is 6.54 Å². The van der Waals surface area contributed by atoms with Crippen molar-refractivity contribution in [2.45, 2.75) is 80.7 Å². The van der Waals surface area contributed by atoms with Gasteiger partial charge in [-0.15, -0.1) is 0 Å². The van der Waals surface area contributed by atoms with E-state index in [1.165, 1.54) is 42.9 Å². The van der Waals surface area contributed by atoms with E-state index < -0.39 is 6.04 Å². The van der Waals surface area contributed by atoms with Crippen LogP contribution in [-0.2, 0) is 9.59 Å². The first-order chi connectivity index (χ1) is 14.4. The summed E-state index contributed by atoms with van der Waals surface area (Å²) in [6, 6.07) is -0.507. The molecule has 2 amide bonds. The molecule has 0 spiro atoms. The van der Waals surface area contributed by atoms with E-state index in [1.54, 1.807) is 0 Å². The number of amides is 2. The number of nitrogens with one attached hydrogen (secondary N) is 2. The summed E-state index contributed by atoms with van der Waals surface area (Å²) in [5.74, 6) is -0.318. The number of allylic oxidation sites excluding steroid dienone is 9. The largest absolute Gasteiger partial charge is 0.351 e. The third kappa shape index (κ3) is 9.54. The van der Waals surface area contributed by atoms with E-state index in [-0.39, 0.29) is 23.1 Å². The zero-order chi connectivity index (χ0) is 23.6. The van der Waals surface area contributed by atoms with Gasteiger partial charge in [-0.3, -0.25) is 9.59 Å². The minimum absolute atomic E-state index is 0.0359. The highest BCUT2D eigenvalue weighted by Crippen LogP contribution is 2.40. The first kappa shape index (κ1) is 26.7. The monoisotopic (exact) mass is 426 g/mol. The highest BCUT2D eigenvalue weighted by molar-refractivity contribution is 5.87. The van der Waals surface area contributed by atoms with Crippen LogP contribution in [0.2, 0.25) is 0 Å². The number of hydrogen-bond donors (Lipinski definition) is 2. The predicted octanol–water partition coefficient (Wildman–Crippen LogP) is 5.79. The Balaban J connectivity index is 2.62. The molecule has 2 N–H and O–H groups in total. The average molecular weight is 427 g/mol. The quantitative estimate of drug-likeness (QED) is 0.458. The Hall–Kier alpha value is -2.36. The molecule has 0 saturated heterocycles. The molecule has 0 aromatic rings. The van der Waals surface area contributed by atoms with Crippen molar-refractivity contribution in [2.24, 2.45) is 11.3 Å². The van der Waals surface area contributed by atoms with Gasteiger partial charge >= 0.3 is 0 Å². The molecule has 1 aliphatic carbocycles. The summed E-state index contributed by atoms with van der Waals surface area (Å²) in [4.78, 5) is 23.6. The standard InChI is InChI=1S/C27H42N2O2/c1-19(2)25(29-23(6)30)26(31)28-18-16-21(4)12-9-11-20(3)14-15-24-22(5)13-10-17-27(24,7)8/h9,11-12,14-16,19,25H,10,13,17-18H2,1-8H3,(H,28,31)(H,29,30)/b12-9+,15-14+,20-11+,21-16+. The van der Waals surface area contributed by atoms with Crippen LogP contribution in [0.15, 0.2) is 58.7 Å². The van der Waals surface area contributed by atoms with Crippen LogP contribution in [0, 0.1) is 11.3 Å². The molecule has 1 atom stereocenters. The maximum Gasteiger partial charge on any atom is 0.243 e. The number of carbonyl (C=O) groups is 2. The molecular weight excluding hydrogens is 384 g/mol. The van der Waals surface area contributed by atoms with Crippen LogP contribution in [0.5, 0.6) is 0 Å². The van der Waals surface area contributed by atoms with Crippen LogP contribution >= 0.6 is 0 Å². The van der Waals surface area contributed by atoms with E-state index in [9.17, 15) is 9.59 Å². The van der Waals surface area contributed by atoms with Crippen LogP contribution < -0.4 is 10.6 Å². The third-order valence-corrected chi connectivity index (χ3v) is 5.78. The van der Waals surface area contributed by atoms with E-state index in [4.69, 9.17) is 0 Å². The summed E-state index contributed by atoms with van der Waals surface area (Å²) in [6.45, 7) is 16.7. The van der Waals surface area contributed by atoms with Gasteiger partial charge in [0.1, 0.15) is 6.04 Å². The molecule has 1 aliphatic rings. The zero-order valence-electron chi connectivity index (χ0n) is 20.8. The highest BCUT2D eigenvalue weighted by Gasteiger charge is 2.26. The van der Waals surface area contributed by atoms with Crippen molar-refractivity contribution in [2.75, 3.05) is 6.54 Å². The minimum Gasteiger partial charge on any atom is -0.351 e. The third-order valence-electron chi connectivity index (χ3n) is 5.78.